The van der Waals surface area contributed by atoms with Gasteiger partial charge in [0.25, 0.3) is 0 Å². The molecular weight excluding hydrogens is 128 g/mol. The van der Waals surface area contributed by atoms with Crippen molar-refractivity contribution in [1.29, 1.82) is 0 Å². The lowest BCUT2D eigenvalue weighted by molar-refractivity contribution is 0.0919. The van der Waals surface area contributed by atoms with Crippen molar-refractivity contribution in [2.24, 2.45) is 10.9 Å². The van der Waals surface area contributed by atoms with E-state index in [0.29, 0.717) is 18.1 Å². The van der Waals surface area contributed by atoms with Gasteiger partial charge in [-0.25, -0.2) is 0 Å². The van der Waals surface area contributed by atoms with Gasteiger partial charge in [0.1, 0.15) is 11.3 Å². The van der Waals surface area contributed by atoms with Crippen molar-refractivity contribution in [2.45, 2.75) is 12.5 Å². The summed E-state index contributed by atoms with van der Waals surface area (Å²) in [6, 6.07) is 0. The quantitative estimate of drug-likeness (QED) is 0.560. The highest BCUT2D eigenvalue weighted by Crippen LogP contribution is 2.10. The predicted octanol–water partition coefficient (Wildman–Crippen LogP) is 0.286. The Labute approximate surface area is 52.4 Å². The van der Waals surface area contributed by atoms with E-state index in [1.54, 1.807) is 0 Å². The Balaban J connectivity index is 2.32. The zero-order chi connectivity index (χ0) is 5.98. The number of halogens is 1. The van der Waals surface area contributed by atoms with Crippen LogP contribution < -0.4 is 5.73 Å². The molecule has 1 atom stereocenters. The van der Waals surface area contributed by atoms with Gasteiger partial charge in [-0.1, -0.05) is 16.8 Å². The Kier molecular flexibility index (Phi) is 1.70. The Hall–Kier alpha value is -0.280. The highest BCUT2D eigenvalue weighted by Gasteiger charge is 2.16. The Morgan fingerprint density at radius 1 is 2.00 bits per heavy atom. The van der Waals surface area contributed by atoms with E-state index in [9.17, 15) is 0 Å². The van der Waals surface area contributed by atoms with E-state index in [1.165, 1.54) is 0 Å². The summed E-state index contributed by atoms with van der Waals surface area (Å²) in [5, 5.41) is 4.00. The van der Waals surface area contributed by atoms with Gasteiger partial charge in [-0.05, 0) is 0 Å². The SMILES string of the molecule is NC[C@@H]1CC(Cl)=NO1. The van der Waals surface area contributed by atoms with Crippen molar-refractivity contribution in [2.75, 3.05) is 6.54 Å². The molecule has 1 aliphatic heterocycles. The molecule has 0 aromatic carbocycles. The second kappa shape index (κ2) is 2.33. The summed E-state index contributed by atoms with van der Waals surface area (Å²) in [5.41, 5.74) is 5.24. The average Bonchev–Trinajstić information content (AvgIpc) is 2.14. The molecule has 0 fully saturated rings. The third kappa shape index (κ3) is 1.11. The molecule has 46 valence electrons. The molecule has 2 N–H and O–H groups in total. The number of hydrogen-bond acceptors (Lipinski definition) is 3. The second-order valence-corrected chi connectivity index (χ2v) is 2.07. The van der Waals surface area contributed by atoms with Crippen LogP contribution in [0.3, 0.4) is 0 Å². The smallest absolute Gasteiger partial charge is 0.149 e. The molecule has 0 amide bonds. The molecular formula is C4H7ClN2O. The first-order valence-electron chi connectivity index (χ1n) is 2.41. The zero-order valence-corrected chi connectivity index (χ0v) is 5.06. The van der Waals surface area contributed by atoms with Crippen LogP contribution in [0.2, 0.25) is 0 Å². The van der Waals surface area contributed by atoms with E-state index >= 15 is 0 Å². The first-order chi connectivity index (χ1) is 3.83. The van der Waals surface area contributed by atoms with Crippen molar-refractivity contribution >= 4 is 16.8 Å². The minimum Gasteiger partial charge on any atom is -0.390 e. The molecule has 4 heteroatoms. The van der Waals surface area contributed by atoms with Crippen LogP contribution in [0, 0.1) is 0 Å². The van der Waals surface area contributed by atoms with E-state index < -0.39 is 0 Å². The number of rotatable bonds is 1. The van der Waals surface area contributed by atoms with Crippen molar-refractivity contribution in [3.05, 3.63) is 0 Å². The Morgan fingerprint density at radius 2 is 2.75 bits per heavy atom. The highest BCUT2D eigenvalue weighted by atomic mass is 35.5. The van der Waals surface area contributed by atoms with Crippen LogP contribution in [0.4, 0.5) is 0 Å². The van der Waals surface area contributed by atoms with Crippen LogP contribution in [0.5, 0.6) is 0 Å². The molecule has 0 saturated carbocycles. The van der Waals surface area contributed by atoms with Crippen LogP contribution in [-0.2, 0) is 4.84 Å². The van der Waals surface area contributed by atoms with Gasteiger partial charge in [0.05, 0.1) is 0 Å². The average molecular weight is 135 g/mol. The number of nitrogens with two attached hydrogens (primary N) is 1. The highest BCUT2D eigenvalue weighted by molar-refractivity contribution is 6.65. The fourth-order valence-electron chi connectivity index (χ4n) is 0.520. The molecule has 0 aromatic rings. The van der Waals surface area contributed by atoms with Gasteiger partial charge in [0.15, 0.2) is 0 Å². The maximum absolute atomic E-state index is 5.46. The fourth-order valence-corrected chi connectivity index (χ4v) is 0.732. The minimum atomic E-state index is 0.0162. The normalized spacial score (nSPS) is 27.2. The summed E-state index contributed by atoms with van der Waals surface area (Å²) in [6.45, 7) is 0.486. The molecule has 0 saturated heterocycles. The number of oxime groups is 1. The van der Waals surface area contributed by atoms with Crippen LogP contribution in [0.25, 0.3) is 0 Å². The first kappa shape index (κ1) is 5.85. The van der Waals surface area contributed by atoms with Crippen LogP contribution in [0.15, 0.2) is 5.16 Å². The van der Waals surface area contributed by atoms with E-state index in [0.717, 1.165) is 0 Å². The minimum absolute atomic E-state index is 0.0162. The molecule has 0 unspecified atom stereocenters. The molecule has 0 radical (unpaired) electrons. The summed E-state index contributed by atoms with van der Waals surface area (Å²) in [6.07, 6.45) is 0.681. The number of hydrogen-bond donors (Lipinski definition) is 1. The fraction of sp³-hybridized carbons (Fsp3) is 0.750. The van der Waals surface area contributed by atoms with Gasteiger partial charge in [0.2, 0.25) is 0 Å². The standard InChI is InChI=1S/C4H7ClN2O/c5-4-1-3(2-6)8-7-4/h3H,1-2,6H2/t3-/m0/s1. The van der Waals surface area contributed by atoms with Crippen molar-refractivity contribution in [3.8, 4) is 0 Å². The lowest BCUT2D eigenvalue weighted by Gasteiger charge is -1.99. The molecule has 1 aliphatic rings. The molecule has 0 aliphatic carbocycles. The largest absolute Gasteiger partial charge is 0.390 e. The third-order valence-corrected chi connectivity index (χ3v) is 1.18. The monoisotopic (exact) mass is 134 g/mol. The van der Waals surface area contributed by atoms with Gasteiger partial charge >= 0.3 is 0 Å². The Bertz CT molecular complexity index is 115. The second-order valence-electron chi connectivity index (χ2n) is 1.63. The van der Waals surface area contributed by atoms with Crippen LogP contribution in [-0.4, -0.2) is 17.8 Å². The summed E-state index contributed by atoms with van der Waals surface area (Å²) < 4.78 is 0. The van der Waals surface area contributed by atoms with Gasteiger partial charge in [0, 0.05) is 13.0 Å². The summed E-state index contributed by atoms with van der Waals surface area (Å²) in [5.74, 6) is 0. The maximum Gasteiger partial charge on any atom is 0.149 e. The summed E-state index contributed by atoms with van der Waals surface area (Å²) in [7, 11) is 0. The van der Waals surface area contributed by atoms with E-state index in [2.05, 4.69) is 5.16 Å². The van der Waals surface area contributed by atoms with Crippen LogP contribution in [0.1, 0.15) is 6.42 Å². The van der Waals surface area contributed by atoms with Crippen LogP contribution >= 0.6 is 11.6 Å². The van der Waals surface area contributed by atoms with Crippen molar-refractivity contribution < 1.29 is 4.84 Å². The van der Waals surface area contributed by atoms with Gasteiger partial charge in [-0.3, -0.25) is 0 Å². The molecule has 1 heterocycles. The molecule has 0 bridgehead atoms. The maximum atomic E-state index is 5.46. The van der Waals surface area contributed by atoms with Crippen molar-refractivity contribution in [3.63, 3.8) is 0 Å². The zero-order valence-electron chi connectivity index (χ0n) is 4.30. The lowest BCUT2D eigenvalue weighted by atomic mass is 10.3. The first-order valence-corrected chi connectivity index (χ1v) is 2.79. The molecule has 1 rings (SSSR count). The van der Waals surface area contributed by atoms with E-state index in [-0.39, 0.29) is 6.10 Å². The Morgan fingerprint density at radius 3 is 3.00 bits per heavy atom. The third-order valence-electron chi connectivity index (χ3n) is 0.960. The van der Waals surface area contributed by atoms with Gasteiger partial charge < -0.3 is 10.6 Å². The van der Waals surface area contributed by atoms with Gasteiger partial charge in [-0.2, -0.15) is 0 Å². The summed E-state index contributed by atoms with van der Waals surface area (Å²) in [4.78, 5) is 4.75. The molecule has 0 spiro atoms. The summed E-state index contributed by atoms with van der Waals surface area (Å²) >= 11 is 5.46. The molecule has 0 aromatic heterocycles. The lowest BCUT2D eigenvalue weighted by Crippen LogP contribution is -2.19. The van der Waals surface area contributed by atoms with E-state index in [1.807, 2.05) is 0 Å². The number of nitrogens with zero attached hydrogens (tertiary/aromatic N) is 1. The van der Waals surface area contributed by atoms with Gasteiger partial charge in [-0.15, -0.1) is 0 Å². The molecule has 3 nitrogen and oxygen atoms in total. The predicted molar refractivity (Wildman–Crippen MR) is 31.8 cm³/mol. The molecule has 8 heavy (non-hydrogen) atoms. The topological polar surface area (TPSA) is 47.6 Å². The van der Waals surface area contributed by atoms with Crippen molar-refractivity contribution in [1.82, 2.24) is 0 Å². The van der Waals surface area contributed by atoms with E-state index in [4.69, 9.17) is 22.2 Å².